The second-order valence-electron chi connectivity index (χ2n) is 6.51. The number of hydrogen-bond donors (Lipinski definition) is 1. The van der Waals surface area contributed by atoms with Gasteiger partial charge in [0.1, 0.15) is 0 Å². The minimum atomic E-state index is -0.232. The van der Waals surface area contributed by atoms with E-state index >= 15 is 0 Å². The van der Waals surface area contributed by atoms with Crippen LogP contribution in [0.3, 0.4) is 0 Å². The first-order valence-corrected chi connectivity index (χ1v) is 8.92. The number of aryl methyl sites for hydroxylation is 2. The van der Waals surface area contributed by atoms with E-state index in [0.29, 0.717) is 37.6 Å². The monoisotopic (exact) mass is 368 g/mol. The highest BCUT2D eigenvalue weighted by molar-refractivity contribution is 6.02. The maximum Gasteiger partial charge on any atom is 0.254 e. The third-order valence-electron chi connectivity index (χ3n) is 4.66. The fraction of sp³-hybridized carbons (Fsp3) is 0.350. The average Bonchev–Trinajstić information content (AvgIpc) is 2.92. The number of benzene rings is 1. The summed E-state index contributed by atoms with van der Waals surface area (Å²) in [5.74, 6) is -0.247. The zero-order valence-corrected chi connectivity index (χ0v) is 15.9. The lowest BCUT2D eigenvalue weighted by Crippen LogP contribution is -2.40. The third-order valence-corrected chi connectivity index (χ3v) is 4.66. The van der Waals surface area contributed by atoms with Crippen molar-refractivity contribution in [1.29, 1.82) is 0 Å². The van der Waals surface area contributed by atoms with Gasteiger partial charge in [0.15, 0.2) is 0 Å². The van der Waals surface area contributed by atoms with Gasteiger partial charge in [0.2, 0.25) is 5.91 Å². The predicted octanol–water partition coefficient (Wildman–Crippen LogP) is 2.16. The summed E-state index contributed by atoms with van der Waals surface area (Å²) in [4.78, 5) is 26.4. The quantitative estimate of drug-likeness (QED) is 0.839. The molecule has 0 bridgehead atoms. The summed E-state index contributed by atoms with van der Waals surface area (Å²) in [6.07, 6.45) is 3.26. The Balaban J connectivity index is 1.61. The lowest BCUT2D eigenvalue weighted by Gasteiger charge is -2.26. The van der Waals surface area contributed by atoms with Gasteiger partial charge in [0, 0.05) is 48.7 Å². The van der Waals surface area contributed by atoms with Crippen molar-refractivity contribution in [3.8, 4) is 0 Å². The minimum Gasteiger partial charge on any atom is -0.378 e. The summed E-state index contributed by atoms with van der Waals surface area (Å²) < 4.78 is 7.06. The molecule has 1 fully saturated rings. The number of carbonyl (C=O) groups excluding carboxylic acids is 2. The van der Waals surface area contributed by atoms with Crippen molar-refractivity contribution >= 4 is 23.6 Å². The lowest BCUT2D eigenvalue weighted by molar-refractivity contribution is -0.111. The largest absolute Gasteiger partial charge is 0.378 e. The molecule has 0 spiro atoms. The first kappa shape index (κ1) is 18.8. The number of rotatable bonds is 4. The van der Waals surface area contributed by atoms with Crippen LogP contribution in [0.25, 0.3) is 6.08 Å². The van der Waals surface area contributed by atoms with Crippen LogP contribution in [-0.2, 0) is 16.6 Å². The summed E-state index contributed by atoms with van der Waals surface area (Å²) in [5.41, 5.74) is 4.07. The van der Waals surface area contributed by atoms with Gasteiger partial charge in [0.05, 0.1) is 18.9 Å². The molecule has 1 aliphatic rings. The number of aromatic nitrogens is 2. The second-order valence-corrected chi connectivity index (χ2v) is 6.51. The van der Waals surface area contributed by atoms with Crippen molar-refractivity contribution in [2.75, 3.05) is 31.6 Å². The molecule has 142 valence electrons. The first-order valence-electron chi connectivity index (χ1n) is 8.92. The van der Waals surface area contributed by atoms with Crippen LogP contribution < -0.4 is 5.32 Å². The maximum atomic E-state index is 12.4. The molecule has 2 amide bonds. The van der Waals surface area contributed by atoms with Gasteiger partial charge in [-0.25, -0.2) is 0 Å². The smallest absolute Gasteiger partial charge is 0.254 e. The highest BCUT2D eigenvalue weighted by Crippen LogP contribution is 2.15. The van der Waals surface area contributed by atoms with E-state index in [-0.39, 0.29) is 11.8 Å². The fourth-order valence-corrected chi connectivity index (χ4v) is 3.02. The normalized spacial score (nSPS) is 14.6. The zero-order chi connectivity index (χ0) is 19.4. The Morgan fingerprint density at radius 2 is 1.81 bits per heavy atom. The molecule has 7 nitrogen and oxygen atoms in total. The van der Waals surface area contributed by atoms with Crippen LogP contribution in [0.1, 0.15) is 27.3 Å². The molecular weight excluding hydrogens is 344 g/mol. The molecule has 1 aromatic carbocycles. The van der Waals surface area contributed by atoms with Crippen LogP contribution in [0.15, 0.2) is 30.3 Å². The second kappa shape index (κ2) is 8.18. The molecule has 27 heavy (non-hydrogen) atoms. The summed E-state index contributed by atoms with van der Waals surface area (Å²) in [7, 11) is 1.87. The Labute approximate surface area is 158 Å². The van der Waals surface area contributed by atoms with Crippen molar-refractivity contribution < 1.29 is 14.3 Å². The van der Waals surface area contributed by atoms with E-state index in [1.165, 1.54) is 6.08 Å². The minimum absolute atomic E-state index is 0.0152. The van der Waals surface area contributed by atoms with Crippen LogP contribution >= 0.6 is 0 Å². The van der Waals surface area contributed by atoms with E-state index in [9.17, 15) is 9.59 Å². The van der Waals surface area contributed by atoms with E-state index in [2.05, 4.69) is 10.4 Å². The molecule has 0 radical (unpaired) electrons. The Hall–Kier alpha value is -2.93. The number of amides is 2. The molecule has 1 aliphatic heterocycles. The maximum absolute atomic E-state index is 12.4. The van der Waals surface area contributed by atoms with Crippen LogP contribution in [0, 0.1) is 13.8 Å². The topological polar surface area (TPSA) is 76.5 Å². The summed E-state index contributed by atoms with van der Waals surface area (Å²) >= 11 is 0. The van der Waals surface area contributed by atoms with Gasteiger partial charge < -0.3 is 15.0 Å². The molecule has 1 N–H and O–H groups in total. The molecule has 3 rings (SSSR count). The van der Waals surface area contributed by atoms with Gasteiger partial charge in [-0.2, -0.15) is 5.10 Å². The number of hydrogen-bond acceptors (Lipinski definition) is 4. The Kier molecular flexibility index (Phi) is 5.71. The Morgan fingerprint density at radius 1 is 1.15 bits per heavy atom. The van der Waals surface area contributed by atoms with Gasteiger partial charge in [-0.15, -0.1) is 0 Å². The highest BCUT2D eigenvalue weighted by atomic mass is 16.5. The van der Waals surface area contributed by atoms with E-state index in [4.69, 9.17) is 4.74 Å². The number of nitrogens with zero attached hydrogens (tertiary/aromatic N) is 3. The van der Waals surface area contributed by atoms with Crippen LogP contribution in [0.4, 0.5) is 5.69 Å². The summed E-state index contributed by atoms with van der Waals surface area (Å²) in [5, 5.41) is 7.13. The predicted molar refractivity (Wildman–Crippen MR) is 104 cm³/mol. The molecule has 1 saturated heterocycles. The Bertz CT molecular complexity index is 862. The molecule has 0 aliphatic carbocycles. The van der Waals surface area contributed by atoms with Crippen molar-refractivity contribution in [1.82, 2.24) is 14.7 Å². The molecule has 7 heteroatoms. The summed E-state index contributed by atoms with van der Waals surface area (Å²) in [6, 6.07) is 6.93. The van der Waals surface area contributed by atoms with E-state index in [1.54, 1.807) is 39.9 Å². The number of carbonyl (C=O) groups is 2. The average molecular weight is 368 g/mol. The number of nitrogens with one attached hydrogen (secondary N) is 1. The molecule has 0 unspecified atom stereocenters. The highest BCUT2D eigenvalue weighted by Gasteiger charge is 2.18. The van der Waals surface area contributed by atoms with E-state index in [1.807, 2.05) is 20.9 Å². The standard InChI is InChI=1S/C20H24N4O3/c1-14-18(15(2)23(3)22-14)8-9-19(25)21-17-6-4-16(5-7-17)20(26)24-10-12-27-13-11-24/h4-9H,10-13H2,1-3H3,(H,21,25). The number of ether oxygens (including phenoxy) is 1. The first-order chi connectivity index (χ1) is 13.0. The fourth-order valence-electron chi connectivity index (χ4n) is 3.02. The van der Waals surface area contributed by atoms with Gasteiger partial charge in [-0.05, 0) is 44.2 Å². The number of anilines is 1. The molecule has 0 atom stereocenters. The molecule has 2 aromatic rings. The van der Waals surface area contributed by atoms with Gasteiger partial charge in [-0.3, -0.25) is 14.3 Å². The van der Waals surface area contributed by atoms with Crippen LogP contribution in [0.5, 0.6) is 0 Å². The SMILES string of the molecule is Cc1nn(C)c(C)c1C=CC(=O)Nc1ccc(C(=O)N2CCOCC2)cc1. The lowest BCUT2D eigenvalue weighted by atomic mass is 10.1. The van der Waals surface area contributed by atoms with Crippen LogP contribution in [0.2, 0.25) is 0 Å². The van der Waals surface area contributed by atoms with E-state index < -0.39 is 0 Å². The summed E-state index contributed by atoms with van der Waals surface area (Å²) in [6.45, 7) is 6.23. The zero-order valence-electron chi connectivity index (χ0n) is 15.9. The molecule has 1 aromatic heterocycles. The van der Waals surface area contributed by atoms with Crippen molar-refractivity contribution in [2.24, 2.45) is 7.05 Å². The third kappa shape index (κ3) is 4.43. The van der Waals surface area contributed by atoms with E-state index in [0.717, 1.165) is 17.0 Å². The number of morpholine rings is 1. The van der Waals surface area contributed by atoms with Gasteiger partial charge >= 0.3 is 0 Å². The van der Waals surface area contributed by atoms with Crippen molar-refractivity contribution in [3.05, 3.63) is 52.9 Å². The molecule has 0 saturated carbocycles. The Morgan fingerprint density at radius 3 is 2.41 bits per heavy atom. The van der Waals surface area contributed by atoms with Gasteiger partial charge in [-0.1, -0.05) is 0 Å². The molecule has 2 heterocycles. The van der Waals surface area contributed by atoms with Gasteiger partial charge in [0.25, 0.3) is 5.91 Å². The molecular formula is C20H24N4O3. The van der Waals surface area contributed by atoms with Crippen molar-refractivity contribution in [3.63, 3.8) is 0 Å². The van der Waals surface area contributed by atoms with Crippen LogP contribution in [-0.4, -0.2) is 52.8 Å². The van der Waals surface area contributed by atoms with Crippen molar-refractivity contribution in [2.45, 2.75) is 13.8 Å².